The molecule has 0 radical (unpaired) electrons. The van der Waals surface area contributed by atoms with Crippen LogP contribution in [-0.4, -0.2) is 23.0 Å². The molecule has 1 aromatic carbocycles. The smallest absolute Gasteiger partial charge is 0.309 e. The summed E-state index contributed by atoms with van der Waals surface area (Å²) in [6.45, 7) is 0. The van der Waals surface area contributed by atoms with Gasteiger partial charge in [0.25, 0.3) is 0 Å². The average Bonchev–Trinajstić information content (AvgIpc) is 2.57. The van der Waals surface area contributed by atoms with Crippen LogP contribution >= 0.6 is 15.9 Å². The first-order chi connectivity index (χ1) is 7.19. The second-order valence-electron chi connectivity index (χ2n) is 3.13. The molecule has 1 aromatic heterocycles. The predicted octanol–water partition coefficient (Wildman–Crippen LogP) is 2.04. The summed E-state index contributed by atoms with van der Waals surface area (Å²) in [5.74, 6) is -0.243. The Balaban J connectivity index is 2.33. The Morgan fingerprint density at radius 3 is 3.13 bits per heavy atom. The number of benzene rings is 1. The number of halogens is 1. The second kappa shape index (κ2) is 4.02. The number of methoxy groups -OCH3 is 1. The molecule has 0 bridgehead atoms. The SMILES string of the molecule is COC(=O)Cc1ccc2nc(Br)[nH]c2c1. The number of hydrogen-bond donors (Lipinski definition) is 1. The fourth-order valence-electron chi connectivity index (χ4n) is 1.37. The molecule has 0 aliphatic rings. The molecule has 0 fully saturated rings. The van der Waals surface area contributed by atoms with Crippen molar-refractivity contribution in [1.82, 2.24) is 9.97 Å². The van der Waals surface area contributed by atoms with Crippen LogP contribution < -0.4 is 0 Å². The lowest BCUT2D eigenvalue weighted by atomic mass is 10.1. The van der Waals surface area contributed by atoms with Crippen molar-refractivity contribution in [2.24, 2.45) is 0 Å². The lowest BCUT2D eigenvalue weighted by molar-refractivity contribution is -0.139. The zero-order valence-corrected chi connectivity index (χ0v) is 9.67. The Morgan fingerprint density at radius 2 is 2.40 bits per heavy atom. The lowest BCUT2D eigenvalue weighted by Crippen LogP contribution is -2.04. The molecule has 2 rings (SSSR count). The monoisotopic (exact) mass is 268 g/mol. The number of nitrogens with one attached hydrogen (secondary N) is 1. The van der Waals surface area contributed by atoms with Gasteiger partial charge >= 0.3 is 5.97 Å². The van der Waals surface area contributed by atoms with Crippen molar-refractivity contribution >= 4 is 32.9 Å². The Morgan fingerprint density at radius 1 is 1.60 bits per heavy atom. The first-order valence-electron chi connectivity index (χ1n) is 4.40. The largest absolute Gasteiger partial charge is 0.469 e. The van der Waals surface area contributed by atoms with E-state index in [-0.39, 0.29) is 12.4 Å². The van der Waals surface area contributed by atoms with Gasteiger partial charge in [-0.1, -0.05) is 6.07 Å². The van der Waals surface area contributed by atoms with E-state index >= 15 is 0 Å². The summed E-state index contributed by atoms with van der Waals surface area (Å²) < 4.78 is 5.29. The van der Waals surface area contributed by atoms with Crippen LogP contribution in [0, 0.1) is 0 Å². The van der Waals surface area contributed by atoms with E-state index in [0.717, 1.165) is 16.6 Å². The molecule has 0 saturated carbocycles. The van der Waals surface area contributed by atoms with Crippen molar-refractivity contribution in [3.63, 3.8) is 0 Å². The Kier molecular flexibility index (Phi) is 2.73. The molecule has 78 valence electrons. The van der Waals surface area contributed by atoms with E-state index < -0.39 is 0 Å². The number of nitrogens with zero attached hydrogens (tertiary/aromatic N) is 1. The molecule has 0 unspecified atom stereocenters. The van der Waals surface area contributed by atoms with Crippen LogP contribution in [0.15, 0.2) is 22.9 Å². The number of carbonyl (C=O) groups is 1. The van der Waals surface area contributed by atoms with Crippen molar-refractivity contribution < 1.29 is 9.53 Å². The van der Waals surface area contributed by atoms with Crippen LogP contribution in [-0.2, 0) is 16.0 Å². The van der Waals surface area contributed by atoms with Crippen LogP contribution in [0.3, 0.4) is 0 Å². The Labute approximate surface area is 94.8 Å². The molecule has 0 aliphatic heterocycles. The molecule has 1 heterocycles. The summed E-state index contributed by atoms with van der Waals surface area (Å²) >= 11 is 3.26. The predicted molar refractivity (Wildman–Crippen MR) is 59.5 cm³/mol. The van der Waals surface area contributed by atoms with Crippen molar-refractivity contribution in [3.8, 4) is 0 Å². The molecule has 1 N–H and O–H groups in total. The van der Waals surface area contributed by atoms with Crippen LogP contribution in [0.25, 0.3) is 11.0 Å². The number of carbonyl (C=O) groups excluding carboxylic acids is 1. The van der Waals surface area contributed by atoms with Gasteiger partial charge in [-0.3, -0.25) is 4.79 Å². The second-order valence-corrected chi connectivity index (χ2v) is 3.88. The highest BCUT2D eigenvalue weighted by atomic mass is 79.9. The molecular weight excluding hydrogens is 260 g/mol. The van der Waals surface area contributed by atoms with Gasteiger partial charge < -0.3 is 9.72 Å². The first-order valence-corrected chi connectivity index (χ1v) is 5.19. The number of aromatic amines is 1. The van der Waals surface area contributed by atoms with E-state index in [9.17, 15) is 4.79 Å². The molecule has 0 saturated heterocycles. The van der Waals surface area contributed by atoms with Gasteiger partial charge in [0.2, 0.25) is 0 Å². The molecule has 5 heteroatoms. The first kappa shape index (κ1) is 10.2. The van der Waals surface area contributed by atoms with Crippen LogP contribution in [0.4, 0.5) is 0 Å². The quantitative estimate of drug-likeness (QED) is 0.849. The minimum atomic E-state index is -0.243. The van der Waals surface area contributed by atoms with Gasteiger partial charge in [0.1, 0.15) is 0 Å². The lowest BCUT2D eigenvalue weighted by Gasteiger charge is -1.99. The minimum Gasteiger partial charge on any atom is -0.469 e. The topological polar surface area (TPSA) is 55.0 Å². The molecule has 4 nitrogen and oxygen atoms in total. The van der Waals surface area contributed by atoms with Gasteiger partial charge in [0.15, 0.2) is 4.73 Å². The number of imidazole rings is 1. The number of H-pyrrole nitrogens is 1. The van der Waals surface area contributed by atoms with Gasteiger partial charge in [-0.15, -0.1) is 0 Å². The van der Waals surface area contributed by atoms with Gasteiger partial charge in [0.05, 0.1) is 24.6 Å². The van der Waals surface area contributed by atoms with E-state index in [2.05, 4.69) is 30.6 Å². The number of rotatable bonds is 2. The van der Waals surface area contributed by atoms with Crippen molar-refractivity contribution in [3.05, 3.63) is 28.5 Å². The zero-order chi connectivity index (χ0) is 10.8. The fourth-order valence-corrected chi connectivity index (χ4v) is 1.78. The third-order valence-electron chi connectivity index (χ3n) is 2.09. The number of aromatic nitrogens is 2. The third-order valence-corrected chi connectivity index (χ3v) is 2.47. The zero-order valence-electron chi connectivity index (χ0n) is 8.08. The summed E-state index contributed by atoms with van der Waals surface area (Å²) in [5, 5.41) is 0. The van der Waals surface area contributed by atoms with Crippen molar-refractivity contribution in [1.29, 1.82) is 0 Å². The van der Waals surface area contributed by atoms with E-state index in [1.807, 2.05) is 18.2 Å². The number of hydrogen-bond acceptors (Lipinski definition) is 3. The number of fused-ring (bicyclic) bond motifs is 1. The summed E-state index contributed by atoms with van der Waals surface area (Å²) in [7, 11) is 1.38. The molecule has 15 heavy (non-hydrogen) atoms. The highest BCUT2D eigenvalue weighted by Crippen LogP contribution is 2.16. The normalized spacial score (nSPS) is 10.5. The van der Waals surface area contributed by atoms with Gasteiger partial charge in [-0.2, -0.15) is 0 Å². The van der Waals surface area contributed by atoms with Crippen LogP contribution in [0.5, 0.6) is 0 Å². The van der Waals surface area contributed by atoms with Gasteiger partial charge in [-0.25, -0.2) is 4.98 Å². The maximum absolute atomic E-state index is 11.1. The highest BCUT2D eigenvalue weighted by Gasteiger charge is 2.05. The number of esters is 1. The summed E-state index contributed by atoms with van der Waals surface area (Å²) in [6.07, 6.45) is 0.281. The molecule has 0 spiro atoms. The van der Waals surface area contributed by atoms with Crippen LogP contribution in [0.1, 0.15) is 5.56 Å². The van der Waals surface area contributed by atoms with Gasteiger partial charge in [0, 0.05) is 0 Å². The van der Waals surface area contributed by atoms with E-state index in [4.69, 9.17) is 0 Å². The van der Waals surface area contributed by atoms with E-state index in [1.54, 1.807) is 0 Å². The standard InChI is InChI=1S/C10H9BrN2O2/c1-15-9(14)5-6-2-3-7-8(4-6)13-10(11)12-7/h2-4H,5H2,1H3,(H,12,13). The van der Waals surface area contributed by atoms with Crippen LogP contribution in [0.2, 0.25) is 0 Å². The van der Waals surface area contributed by atoms with Crippen molar-refractivity contribution in [2.75, 3.05) is 7.11 Å². The summed E-state index contributed by atoms with van der Waals surface area (Å²) in [4.78, 5) is 18.3. The third kappa shape index (κ3) is 2.18. The molecular formula is C10H9BrN2O2. The highest BCUT2D eigenvalue weighted by molar-refractivity contribution is 9.10. The summed E-state index contributed by atoms with van der Waals surface area (Å²) in [6, 6.07) is 5.63. The van der Waals surface area contributed by atoms with Gasteiger partial charge in [-0.05, 0) is 33.6 Å². The average molecular weight is 269 g/mol. The minimum absolute atomic E-state index is 0.243. The molecule has 0 amide bonds. The summed E-state index contributed by atoms with van der Waals surface area (Å²) in [5.41, 5.74) is 2.68. The Bertz CT molecular complexity index is 507. The maximum atomic E-state index is 11.1. The Hall–Kier alpha value is -1.36. The molecule has 0 atom stereocenters. The van der Waals surface area contributed by atoms with E-state index in [0.29, 0.717) is 4.73 Å². The molecule has 0 aliphatic carbocycles. The number of ether oxygens (including phenoxy) is 1. The van der Waals surface area contributed by atoms with E-state index in [1.165, 1.54) is 7.11 Å². The maximum Gasteiger partial charge on any atom is 0.309 e. The molecule has 2 aromatic rings. The fraction of sp³-hybridized carbons (Fsp3) is 0.200. The van der Waals surface area contributed by atoms with Crippen molar-refractivity contribution in [2.45, 2.75) is 6.42 Å².